The Morgan fingerprint density at radius 1 is 1.14 bits per heavy atom. The van der Waals surface area contributed by atoms with Gasteiger partial charge in [-0.1, -0.05) is 24.4 Å². The van der Waals surface area contributed by atoms with Crippen molar-refractivity contribution in [2.24, 2.45) is 0 Å². The van der Waals surface area contributed by atoms with Gasteiger partial charge in [0.15, 0.2) is 0 Å². The summed E-state index contributed by atoms with van der Waals surface area (Å²) in [6, 6.07) is 10.2. The number of aromatic nitrogens is 3. The smallest absolute Gasteiger partial charge is 0.292 e. The Morgan fingerprint density at radius 2 is 1.97 bits per heavy atom. The Balaban J connectivity index is 1.72. The standard InChI is InChI=1S/C20H19ClN6O2/c21-14-7-8-18(27(28)29)17(10-14)24-19-11-16(13-4-3-9-22-12-13)25-20(26-19)23-15-5-1-2-6-15/h3-4,7-12,15H,1-2,5-6H2,(H2,23,24,25,26). The van der Waals surface area contributed by atoms with Crippen LogP contribution in [0.15, 0.2) is 48.8 Å². The van der Waals surface area contributed by atoms with Crippen LogP contribution < -0.4 is 10.6 Å². The molecule has 4 rings (SSSR count). The summed E-state index contributed by atoms with van der Waals surface area (Å²) in [5.41, 5.74) is 1.68. The largest absolute Gasteiger partial charge is 0.351 e. The lowest BCUT2D eigenvalue weighted by molar-refractivity contribution is -0.383. The van der Waals surface area contributed by atoms with Crippen molar-refractivity contribution in [3.05, 3.63) is 63.9 Å². The van der Waals surface area contributed by atoms with Gasteiger partial charge in [0.2, 0.25) is 5.95 Å². The lowest BCUT2D eigenvalue weighted by Gasteiger charge is -2.15. The van der Waals surface area contributed by atoms with Crippen LogP contribution >= 0.6 is 11.6 Å². The Kier molecular flexibility index (Phi) is 5.53. The molecule has 1 aromatic carbocycles. The maximum absolute atomic E-state index is 11.4. The number of nitro benzene ring substituents is 1. The molecule has 1 aliphatic carbocycles. The van der Waals surface area contributed by atoms with Gasteiger partial charge in [0.05, 0.1) is 10.6 Å². The van der Waals surface area contributed by atoms with E-state index in [0.29, 0.717) is 28.5 Å². The molecule has 1 saturated carbocycles. The summed E-state index contributed by atoms with van der Waals surface area (Å²) in [5, 5.41) is 18.2. The monoisotopic (exact) mass is 410 g/mol. The molecule has 0 radical (unpaired) electrons. The van der Waals surface area contributed by atoms with Crippen molar-refractivity contribution in [2.75, 3.05) is 10.6 Å². The molecule has 3 aromatic rings. The number of nitrogens with one attached hydrogen (secondary N) is 2. The number of hydrogen-bond donors (Lipinski definition) is 2. The first-order valence-corrected chi connectivity index (χ1v) is 9.73. The fraction of sp³-hybridized carbons (Fsp3) is 0.250. The van der Waals surface area contributed by atoms with E-state index in [1.807, 2.05) is 12.1 Å². The first kappa shape index (κ1) is 19.1. The summed E-state index contributed by atoms with van der Waals surface area (Å²) in [7, 11) is 0. The average molecular weight is 411 g/mol. The minimum Gasteiger partial charge on any atom is -0.351 e. The quantitative estimate of drug-likeness (QED) is 0.425. The van der Waals surface area contributed by atoms with E-state index in [4.69, 9.17) is 11.6 Å². The van der Waals surface area contributed by atoms with Crippen LogP contribution in [0.4, 0.5) is 23.1 Å². The molecule has 8 nitrogen and oxygen atoms in total. The minimum absolute atomic E-state index is 0.0822. The molecule has 1 fully saturated rings. The van der Waals surface area contributed by atoms with E-state index in [0.717, 1.165) is 18.4 Å². The molecule has 9 heteroatoms. The van der Waals surface area contributed by atoms with Crippen LogP contribution in [0.3, 0.4) is 0 Å². The van der Waals surface area contributed by atoms with E-state index < -0.39 is 4.92 Å². The second-order valence-electron chi connectivity index (χ2n) is 6.87. The first-order chi connectivity index (χ1) is 14.1. The SMILES string of the molecule is O=[N+]([O-])c1ccc(Cl)cc1Nc1cc(-c2cccnc2)nc(NC2CCCC2)n1. The van der Waals surface area contributed by atoms with Gasteiger partial charge in [-0.2, -0.15) is 4.98 Å². The zero-order chi connectivity index (χ0) is 20.2. The summed E-state index contributed by atoms with van der Waals surface area (Å²) in [6.07, 6.45) is 7.91. The highest BCUT2D eigenvalue weighted by Gasteiger charge is 2.19. The molecule has 0 atom stereocenters. The number of anilines is 3. The molecule has 2 N–H and O–H groups in total. The number of nitro groups is 1. The van der Waals surface area contributed by atoms with Crippen molar-refractivity contribution in [1.82, 2.24) is 15.0 Å². The molecular formula is C20H19ClN6O2. The molecule has 0 aliphatic heterocycles. The normalized spacial score (nSPS) is 14.0. The lowest BCUT2D eigenvalue weighted by atomic mass is 10.2. The zero-order valence-electron chi connectivity index (χ0n) is 15.5. The number of benzene rings is 1. The maximum Gasteiger partial charge on any atom is 0.292 e. The third-order valence-corrected chi connectivity index (χ3v) is 5.02. The number of halogens is 1. The molecule has 0 saturated heterocycles. The molecule has 2 heterocycles. The van der Waals surface area contributed by atoms with Crippen LogP contribution in [0.2, 0.25) is 5.02 Å². The molecule has 1 aliphatic rings. The Bertz CT molecular complexity index is 1020. The van der Waals surface area contributed by atoms with Crippen molar-refractivity contribution in [3.8, 4) is 11.3 Å². The third-order valence-electron chi connectivity index (χ3n) is 4.79. The van der Waals surface area contributed by atoms with Crippen molar-refractivity contribution in [1.29, 1.82) is 0 Å². The van der Waals surface area contributed by atoms with Crippen molar-refractivity contribution in [2.45, 2.75) is 31.7 Å². The summed E-state index contributed by atoms with van der Waals surface area (Å²) in [6.45, 7) is 0. The average Bonchev–Trinajstić information content (AvgIpc) is 3.21. The van der Waals surface area contributed by atoms with Crippen molar-refractivity contribution >= 4 is 34.7 Å². The van der Waals surface area contributed by atoms with Gasteiger partial charge in [-0.05, 0) is 37.1 Å². The zero-order valence-corrected chi connectivity index (χ0v) is 16.3. The van der Waals surface area contributed by atoms with Gasteiger partial charge in [-0.25, -0.2) is 4.98 Å². The predicted octanol–water partition coefficient (Wildman–Crippen LogP) is 5.20. The van der Waals surface area contributed by atoms with E-state index in [1.165, 1.54) is 31.0 Å². The van der Waals surface area contributed by atoms with Gasteiger partial charge in [-0.3, -0.25) is 15.1 Å². The maximum atomic E-state index is 11.4. The predicted molar refractivity (Wildman–Crippen MR) is 113 cm³/mol. The lowest BCUT2D eigenvalue weighted by Crippen LogP contribution is -2.17. The van der Waals surface area contributed by atoms with Gasteiger partial charge < -0.3 is 10.6 Å². The summed E-state index contributed by atoms with van der Waals surface area (Å²) < 4.78 is 0. The fourth-order valence-electron chi connectivity index (χ4n) is 3.40. The molecule has 0 bridgehead atoms. The van der Waals surface area contributed by atoms with Crippen LogP contribution in [0, 0.1) is 10.1 Å². The van der Waals surface area contributed by atoms with E-state index >= 15 is 0 Å². The molecule has 29 heavy (non-hydrogen) atoms. The molecule has 0 spiro atoms. The Morgan fingerprint density at radius 3 is 2.69 bits per heavy atom. The van der Waals surface area contributed by atoms with E-state index in [-0.39, 0.29) is 11.4 Å². The van der Waals surface area contributed by atoms with Crippen LogP contribution in [-0.2, 0) is 0 Å². The minimum atomic E-state index is -0.459. The van der Waals surface area contributed by atoms with Crippen molar-refractivity contribution < 1.29 is 4.92 Å². The highest BCUT2D eigenvalue weighted by atomic mass is 35.5. The van der Waals surface area contributed by atoms with Crippen molar-refractivity contribution in [3.63, 3.8) is 0 Å². The van der Waals surface area contributed by atoms with E-state index in [1.54, 1.807) is 18.5 Å². The van der Waals surface area contributed by atoms with Gasteiger partial charge in [-0.15, -0.1) is 0 Å². The van der Waals surface area contributed by atoms with Crippen LogP contribution in [0.5, 0.6) is 0 Å². The second kappa shape index (κ2) is 8.40. The summed E-state index contributed by atoms with van der Waals surface area (Å²) >= 11 is 6.04. The molecule has 0 unspecified atom stereocenters. The number of nitrogens with zero attached hydrogens (tertiary/aromatic N) is 4. The first-order valence-electron chi connectivity index (χ1n) is 9.35. The third kappa shape index (κ3) is 4.60. The van der Waals surface area contributed by atoms with Crippen LogP contribution in [-0.4, -0.2) is 25.9 Å². The number of pyridine rings is 1. The molecule has 0 amide bonds. The molecule has 2 aromatic heterocycles. The molecular weight excluding hydrogens is 392 g/mol. The van der Waals surface area contributed by atoms with Crippen LogP contribution in [0.1, 0.15) is 25.7 Å². The molecule has 148 valence electrons. The Hall–Kier alpha value is -3.26. The highest BCUT2D eigenvalue weighted by molar-refractivity contribution is 6.31. The number of hydrogen-bond acceptors (Lipinski definition) is 7. The van der Waals surface area contributed by atoms with Gasteiger partial charge in [0.1, 0.15) is 11.5 Å². The fourth-order valence-corrected chi connectivity index (χ4v) is 3.57. The summed E-state index contributed by atoms with van der Waals surface area (Å²) in [4.78, 5) is 24.2. The van der Waals surface area contributed by atoms with Gasteiger partial charge >= 0.3 is 0 Å². The highest BCUT2D eigenvalue weighted by Crippen LogP contribution is 2.31. The van der Waals surface area contributed by atoms with Gasteiger partial charge in [0.25, 0.3) is 5.69 Å². The number of rotatable bonds is 6. The van der Waals surface area contributed by atoms with E-state index in [2.05, 4.69) is 25.6 Å². The van der Waals surface area contributed by atoms with Crippen LogP contribution in [0.25, 0.3) is 11.3 Å². The van der Waals surface area contributed by atoms with E-state index in [9.17, 15) is 10.1 Å². The second-order valence-corrected chi connectivity index (χ2v) is 7.31. The summed E-state index contributed by atoms with van der Waals surface area (Å²) in [5.74, 6) is 0.912. The van der Waals surface area contributed by atoms with Gasteiger partial charge in [0, 0.05) is 41.2 Å². The Labute approximate surface area is 172 Å². The topological polar surface area (TPSA) is 106 Å².